The summed E-state index contributed by atoms with van der Waals surface area (Å²) in [5.74, 6) is 0.0398. The van der Waals surface area contributed by atoms with Gasteiger partial charge >= 0.3 is 0 Å². The largest absolute Gasteiger partial charge is 0.458 e. The molecule has 0 bridgehead atoms. The molecule has 7 nitrogen and oxygen atoms in total. The Kier molecular flexibility index (Phi) is 4.06. The number of nitrogens with zero attached hydrogens (tertiary/aromatic N) is 4. The van der Waals surface area contributed by atoms with Crippen molar-refractivity contribution in [2.24, 2.45) is 0 Å². The molecule has 1 unspecified atom stereocenters. The van der Waals surface area contributed by atoms with Gasteiger partial charge in [-0.15, -0.1) is 0 Å². The molecule has 0 aliphatic rings. The van der Waals surface area contributed by atoms with Crippen molar-refractivity contribution in [3.8, 4) is 11.1 Å². The smallest absolute Gasteiger partial charge is 0.203 e. The lowest BCUT2D eigenvalue weighted by atomic mass is 9.99. The Bertz CT molecular complexity index is 1460. The lowest BCUT2D eigenvalue weighted by molar-refractivity contribution is 0.444. The molecule has 8 heteroatoms. The summed E-state index contributed by atoms with van der Waals surface area (Å²) in [6, 6.07) is 12.9. The van der Waals surface area contributed by atoms with Crippen LogP contribution >= 0.6 is 0 Å². The third-order valence-electron chi connectivity index (χ3n) is 5.13. The van der Waals surface area contributed by atoms with Crippen molar-refractivity contribution in [1.29, 1.82) is 0 Å². The van der Waals surface area contributed by atoms with Crippen molar-refractivity contribution in [2.75, 3.05) is 5.73 Å². The molecule has 5 rings (SSSR count). The molecule has 0 saturated carbocycles. The molecule has 0 aliphatic carbocycles. The summed E-state index contributed by atoms with van der Waals surface area (Å²) in [6.07, 6.45) is 2.93. The standard InChI is InChI=1S/C22H16FN5O2/c1-12(28-22-14(10-27-28)21(24)25-11-26-22)20-17(13-6-3-2-4-7-13)19(29)18-15(23)8-5-9-16(18)30-20/h2-12H,1H3,(H2,24,25,26). The fraction of sp³-hybridized carbons (Fsp3) is 0.0909. The molecule has 0 aliphatic heterocycles. The number of rotatable bonds is 3. The monoisotopic (exact) mass is 401 g/mol. The van der Waals surface area contributed by atoms with Gasteiger partial charge in [0.1, 0.15) is 40.7 Å². The molecule has 30 heavy (non-hydrogen) atoms. The first-order valence-corrected chi connectivity index (χ1v) is 9.30. The summed E-state index contributed by atoms with van der Waals surface area (Å²) in [5, 5.41) is 4.91. The zero-order chi connectivity index (χ0) is 20.8. The van der Waals surface area contributed by atoms with E-state index in [1.807, 2.05) is 25.1 Å². The second-order valence-corrected chi connectivity index (χ2v) is 6.91. The van der Waals surface area contributed by atoms with E-state index >= 15 is 0 Å². The first kappa shape index (κ1) is 18.0. The fourth-order valence-corrected chi connectivity index (χ4v) is 3.66. The van der Waals surface area contributed by atoms with Crippen LogP contribution in [0.25, 0.3) is 33.1 Å². The molecule has 0 spiro atoms. The van der Waals surface area contributed by atoms with Crippen LogP contribution in [-0.4, -0.2) is 19.7 Å². The number of nitrogens with two attached hydrogens (primary N) is 1. The molecule has 3 heterocycles. The van der Waals surface area contributed by atoms with E-state index in [0.717, 1.165) is 0 Å². The summed E-state index contributed by atoms with van der Waals surface area (Å²) < 4.78 is 22.2. The van der Waals surface area contributed by atoms with Gasteiger partial charge in [0.05, 0.1) is 17.1 Å². The molecule has 0 radical (unpaired) electrons. The number of fused-ring (bicyclic) bond motifs is 2. The minimum Gasteiger partial charge on any atom is -0.458 e. The number of halogens is 1. The molecule has 0 saturated heterocycles. The number of anilines is 1. The minimum absolute atomic E-state index is 0.0794. The Morgan fingerprint density at radius 1 is 1.10 bits per heavy atom. The van der Waals surface area contributed by atoms with Crippen LogP contribution in [-0.2, 0) is 0 Å². The molecular weight excluding hydrogens is 385 g/mol. The van der Waals surface area contributed by atoms with E-state index in [9.17, 15) is 9.18 Å². The van der Waals surface area contributed by atoms with Gasteiger partial charge in [-0.1, -0.05) is 36.4 Å². The van der Waals surface area contributed by atoms with Crippen LogP contribution in [0.15, 0.2) is 70.3 Å². The zero-order valence-corrected chi connectivity index (χ0v) is 15.9. The van der Waals surface area contributed by atoms with Crippen molar-refractivity contribution >= 4 is 27.8 Å². The van der Waals surface area contributed by atoms with Crippen LogP contribution in [0.3, 0.4) is 0 Å². The van der Waals surface area contributed by atoms with Gasteiger partial charge in [0.25, 0.3) is 0 Å². The highest BCUT2D eigenvalue weighted by Gasteiger charge is 2.25. The SMILES string of the molecule is CC(c1oc2cccc(F)c2c(=O)c1-c1ccccc1)n1ncc2c(N)ncnc21. The summed E-state index contributed by atoms with van der Waals surface area (Å²) in [4.78, 5) is 21.6. The first-order chi connectivity index (χ1) is 14.6. The van der Waals surface area contributed by atoms with Gasteiger partial charge in [-0.2, -0.15) is 5.10 Å². The van der Waals surface area contributed by atoms with Gasteiger partial charge in [-0.25, -0.2) is 19.0 Å². The van der Waals surface area contributed by atoms with Crippen molar-refractivity contribution in [3.63, 3.8) is 0 Å². The Hall–Kier alpha value is -4.07. The maximum Gasteiger partial charge on any atom is 0.203 e. The maximum atomic E-state index is 14.5. The average Bonchev–Trinajstić information content (AvgIpc) is 3.19. The van der Waals surface area contributed by atoms with Crippen molar-refractivity contribution in [1.82, 2.24) is 19.7 Å². The lowest BCUT2D eigenvalue weighted by Gasteiger charge is -2.17. The van der Waals surface area contributed by atoms with Crippen LogP contribution in [0.4, 0.5) is 10.2 Å². The van der Waals surface area contributed by atoms with E-state index < -0.39 is 17.3 Å². The van der Waals surface area contributed by atoms with E-state index in [2.05, 4.69) is 15.1 Å². The van der Waals surface area contributed by atoms with Crippen LogP contribution in [0.2, 0.25) is 0 Å². The molecule has 3 aromatic heterocycles. The molecule has 0 fully saturated rings. The van der Waals surface area contributed by atoms with Crippen LogP contribution in [0.1, 0.15) is 18.7 Å². The van der Waals surface area contributed by atoms with Gasteiger partial charge in [-0.05, 0) is 24.6 Å². The predicted octanol–water partition coefficient (Wildman–Crippen LogP) is 3.93. The Balaban J connectivity index is 1.83. The van der Waals surface area contributed by atoms with E-state index in [1.54, 1.807) is 29.1 Å². The number of benzene rings is 2. The molecular formula is C22H16FN5O2. The van der Waals surface area contributed by atoms with Crippen LogP contribution in [0, 0.1) is 5.82 Å². The predicted molar refractivity (Wildman–Crippen MR) is 111 cm³/mol. The Morgan fingerprint density at radius 2 is 1.90 bits per heavy atom. The Morgan fingerprint density at radius 3 is 2.70 bits per heavy atom. The second-order valence-electron chi connectivity index (χ2n) is 6.91. The van der Waals surface area contributed by atoms with E-state index in [1.165, 1.54) is 18.5 Å². The summed E-state index contributed by atoms with van der Waals surface area (Å²) in [6.45, 7) is 1.83. The third kappa shape index (κ3) is 2.65. The summed E-state index contributed by atoms with van der Waals surface area (Å²) >= 11 is 0. The van der Waals surface area contributed by atoms with Crippen LogP contribution < -0.4 is 11.2 Å². The van der Waals surface area contributed by atoms with Gasteiger partial charge in [0.15, 0.2) is 5.65 Å². The molecule has 148 valence electrons. The van der Waals surface area contributed by atoms with Crippen molar-refractivity contribution < 1.29 is 8.81 Å². The second kappa shape index (κ2) is 6.77. The number of aromatic nitrogens is 4. The topological polar surface area (TPSA) is 99.8 Å². The molecule has 0 amide bonds. The third-order valence-corrected chi connectivity index (χ3v) is 5.13. The van der Waals surface area contributed by atoms with Gasteiger partial charge < -0.3 is 10.2 Å². The number of nitrogen functional groups attached to an aromatic ring is 1. The average molecular weight is 401 g/mol. The van der Waals surface area contributed by atoms with E-state index in [-0.39, 0.29) is 16.5 Å². The van der Waals surface area contributed by atoms with Gasteiger partial charge in [0.2, 0.25) is 5.43 Å². The van der Waals surface area contributed by atoms with Crippen molar-refractivity contribution in [2.45, 2.75) is 13.0 Å². The highest BCUT2D eigenvalue weighted by atomic mass is 19.1. The maximum absolute atomic E-state index is 14.5. The van der Waals surface area contributed by atoms with Gasteiger partial charge in [-0.3, -0.25) is 4.79 Å². The van der Waals surface area contributed by atoms with Gasteiger partial charge in [0, 0.05) is 0 Å². The molecule has 5 aromatic rings. The Labute approximate surface area is 169 Å². The highest BCUT2D eigenvalue weighted by Crippen LogP contribution is 2.32. The minimum atomic E-state index is -0.623. The lowest BCUT2D eigenvalue weighted by Crippen LogP contribution is -2.17. The highest BCUT2D eigenvalue weighted by molar-refractivity contribution is 5.86. The summed E-state index contributed by atoms with van der Waals surface area (Å²) in [7, 11) is 0. The zero-order valence-electron chi connectivity index (χ0n) is 15.9. The van der Waals surface area contributed by atoms with Crippen LogP contribution in [0.5, 0.6) is 0 Å². The fourth-order valence-electron chi connectivity index (χ4n) is 3.66. The van der Waals surface area contributed by atoms with E-state index in [0.29, 0.717) is 28.2 Å². The normalized spacial score (nSPS) is 12.5. The first-order valence-electron chi connectivity index (χ1n) is 9.30. The summed E-state index contributed by atoms with van der Waals surface area (Å²) in [5.41, 5.74) is 7.08. The molecule has 2 N–H and O–H groups in total. The molecule has 2 aromatic carbocycles. The number of hydrogen-bond donors (Lipinski definition) is 1. The number of hydrogen-bond acceptors (Lipinski definition) is 6. The molecule has 1 atom stereocenters. The van der Waals surface area contributed by atoms with Crippen molar-refractivity contribution in [3.05, 3.63) is 82.9 Å². The quantitative estimate of drug-likeness (QED) is 0.492. The van der Waals surface area contributed by atoms with E-state index in [4.69, 9.17) is 10.2 Å².